The number of methoxy groups -OCH3 is 2. The molecule has 1 atom stereocenters. The van der Waals surface area contributed by atoms with E-state index in [2.05, 4.69) is 17.4 Å². The van der Waals surface area contributed by atoms with E-state index < -0.39 is 0 Å². The normalized spacial score (nSPS) is 11.6. The summed E-state index contributed by atoms with van der Waals surface area (Å²) >= 11 is 0. The van der Waals surface area contributed by atoms with Gasteiger partial charge in [0.15, 0.2) is 11.5 Å². The van der Waals surface area contributed by atoms with Crippen LogP contribution < -0.4 is 14.8 Å². The van der Waals surface area contributed by atoms with E-state index in [-0.39, 0.29) is 11.9 Å². The monoisotopic (exact) mass is 389 g/mol. The van der Waals surface area contributed by atoms with Crippen LogP contribution in [-0.2, 0) is 12.8 Å². The summed E-state index contributed by atoms with van der Waals surface area (Å²) in [6, 6.07) is 23.6. The first-order valence-electron chi connectivity index (χ1n) is 9.77. The first kappa shape index (κ1) is 20.5. The number of nitrogens with one attached hydrogen (secondary N) is 1. The Kier molecular flexibility index (Phi) is 6.90. The molecule has 29 heavy (non-hydrogen) atoms. The topological polar surface area (TPSA) is 47.6 Å². The summed E-state index contributed by atoms with van der Waals surface area (Å²) in [5.74, 6) is 1.24. The number of aryl methyl sites for hydroxylation is 2. The molecule has 0 radical (unpaired) electrons. The molecular weight excluding hydrogens is 362 g/mol. The van der Waals surface area contributed by atoms with Crippen molar-refractivity contribution in [2.24, 2.45) is 0 Å². The number of amides is 1. The van der Waals surface area contributed by atoms with Gasteiger partial charge in [0, 0.05) is 5.56 Å². The van der Waals surface area contributed by atoms with E-state index in [1.807, 2.05) is 67.6 Å². The highest BCUT2D eigenvalue weighted by molar-refractivity contribution is 5.96. The van der Waals surface area contributed by atoms with Crippen LogP contribution >= 0.6 is 0 Å². The molecule has 0 aliphatic carbocycles. The van der Waals surface area contributed by atoms with Crippen molar-refractivity contribution >= 4 is 5.91 Å². The number of carbonyl (C=O) groups excluding carboxylic acids is 1. The summed E-state index contributed by atoms with van der Waals surface area (Å²) in [5, 5.41) is 3.10. The largest absolute Gasteiger partial charge is 0.493 e. The third kappa shape index (κ3) is 5.17. The molecule has 4 nitrogen and oxygen atoms in total. The smallest absolute Gasteiger partial charge is 0.252 e. The second kappa shape index (κ2) is 9.78. The molecule has 0 bridgehead atoms. The molecule has 0 heterocycles. The van der Waals surface area contributed by atoms with Crippen LogP contribution in [0.1, 0.15) is 40.0 Å². The van der Waals surface area contributed by atoms with Gasteiger partial charge in [0.05, 0.1) is 20.3 Å². The number of ether oxygens (including phenoxy) is 2. The second-order valence-corrected chi connectivity index (χ2v) is 6.95. The average Bonchev–Trinajstić information content (AvgIpc) is 2.78. The summed E-state index contributed by atoms with van der Waals surface area (Å²) in [7, 11) is 3.21. The molecule has 1 amide bonds. The van der Waals surface area contributed by atoms with Crippen LogP contribution in [0.3, 0.4) is 0 Å². The van der Waals surface area contributed by atoms with Crippen molar-refractivity contribution in [1.29, 1.82) is 0 Å². The van der Waals surface area contributed by atoms with Gasteiger partial charge < -0.3 is 14.8 Å². The molecule has 1 N–H and O–H groups in total. The van der Waals surface area contributed by atoms with Crippen molar-refractivity contribution in [3.05, 3.63) is 95.1 Å². The summed E-state index contributed by atoms with van der Waals surface area (Å²) in [6.07, 6.45) is 1.72. The predicted molar refractivity (Wildman–Crippen MR) is 116 cm³/mol. The molecular formula is C25H27NO3. The Balaban J connectivity index is 1.72. The van der Waals surface area contributed by atoms with Crippen LogP contribution in [0.2, 0.25) is 0 Å². The molecule has 0 aliphatic heterocycles. The minimum absolute atomic E-state index is 0.0732. The van der Waals surface area contributed by atoms with Crippen molar-refractivity contribution in [3.8, 4) is 11.5 Å². The highest BCUT2D eigenvalue weighted by atomic mass is 16.5. The molecule has 0 unspecified atom stereocenters. The molecule has 4 heteroatoms. The van der Waals surface area contributed by atoms with E-state index >= 15 is 0 Å². The van der Waals surface area contributed by atoms with E-state index in [0.29, 0.717) is 11.5 Å². The molecule has 150 valence electrons. The number of benzene rings is 3. The van der Waals surface area contributed by atoms with Crippen LogP contribution in [0.25, 0.3) is 0 Å². The predicted octanol–water partition coefficient (Wildman–Crippen LogP) is 4.98. The quantitative estimate of drug-likeness (QED) is 0.591. The van der Waals surface area contributed by atoms with Gasteiger partial charge in [-0.15, -0.1) is 0 Å². The van der Waals surface area contributed by atoms with Gasteiger partial charge in [-0.05, 0) is 54.7 Å². The molecule has 0 fully saturated rings. The van der Waals surface area contributed by atoms with E-state index in [9.17, 15) is 4.79 Å². The van der Waals surface area contributed by atoms with Crippen molar-refractivity contribution in [3.63, 3.8) is 0 Å². The minimum atomic E-state index is -0.163. The Hall–Kier alpha value is -3.27. The van der Waals surface area contributed by atoms with Gasteiger partial charge in [0.2, 0.25) is 0 Å². The Morgan fingerprint density at radius 2 is 1.55 bits per heavy atom. The fraction of sp³-hybridized carbons (Fsp3) is 0.240. The molecule has 0 saturated heterocycles. The van der Waals surface area contributed by atoms with E-state index in [1.165, 1.54) is 5.56 Å². The van der Waals surface area contributed by atoms with Crippen molar-refractivity contribution < 1.29 is 14.3 Å². The maximum Gasteiger partial charge on any atom is 0.252 e. The minimum Gasteiger partial charge on any atom is -0.493 e. The fourth-order valence-corrected chi connectivity index (χ4v) is 3.36. The Morgan fingerprint density at radius 3 is 2.28 bits per heavy atom. The fourth-order valence-electron chi connectivity index (χ4n) is 3.36. The second-order valence-electron chi connectivity index (χ2n) is 6.95. The maximum atomic E-state index is 13.0. The highest BCUT2D eigenvalue weighted by Gasteiger charge is 2.16. The van der Waals surface area contributed by atoms with Gasteiger partial charge in [0.1, 0.15) is 0 Å². The zero-order valence-electron chi connectivity index (χ0n) is 17.1. The molecule has 0 saturated carbocycles. The lowest BCUT2D eigenvalue weighted by Crippen LogP contribution is -2.27. The number of hydrogen-bond acceptors (Lipinski definition) is 3. The first-order valence-corrected chi connectivity index (χ1v) is 9.77. The molecule has 0 aliphatic rings. The summed E-state index contributed by atoms with van der Waals surface area (Å²) in [5.41, 5.74) is 3.99. The number of carbonyl (C=O) groups is 1. The van der Waals surface area contributed by atoms with Gasteiger partial charge in [-0.1, -0.05) is 54.6 Å². The van der Waals surface area contributed by atoms with Crippen LogP contribution in [0.15, 0.2) is 72.8 Å². The third-order valence-corrected chi connectivity index (χ3v) is 5.04. The standard InChI is InChI=1S/C25H27NO3/c1-18(21-15-16-23(28-2)24(17-21)29-3)26-25(27)22-12-8-7-11-20(22)14-13-19-9-5-4-6-10-19/h4-12,15-18H,13-14H2,1-3H3,(H,26,27)/t18-/m0/s1. The lowest BCUT2D eigenvalue weighted by atomic mass is 9.99. The highest BCUT2D eigenvalue weighted by Crippen LogP contribution is 2.30. The molecule has 0 aromatic heterocycles. The summed E-state index contributed by atoms with van der Waals surface area (Å²) in [6.45, 7) is 1.96. The molecule has 3 aromatic rings. The van der Waals surface area contributed by atoms with Crippen molar-refractivity contribution in [2.75, 3.05) is 14.2 Å². The van der Waals surface area contributed by atoms with Crippen LogP contribution in [0, 0.1) is 0 Å². The van der Waals surface area contributed by atoms with Gasteiger partial charge in [-0.25, -0.2) is 0 Å². The SMILES string of the molecule is COc1ccc([C@H](C)NC(=O)c2ccccc2CCc2ccccc2)cc1OC. The van der Waals surface area contributed by atoms with Gasteiger partial charge >= 0.3 is 0 Å². The molecule has 3 aromatic carbocycles. The van der Waals surface area contributed by atoms with Crippen LogP contribution in [-0.4, -0.2) is 20.1 Å². The summed E-state index contributed by atoms with van der Waals surface area (Å²) in [4.78, 5) is 13.0. The van der Waals surface area contributed by atoms with Crippen molar-refractivity contribution in [2.45, 2.75) is 25.8 Å². The lowest BCUT2D eigenvalue weighted by molar-refractivity contribution is 0.0939. The summed E-state index contributed by atoms with van der Waals surface area (Å²) < 4.78 is 10.7. The van der Waals surface area contributed by atoms with Gasteiger partial charge in [-0.2, -0.15) is 0 Å². The van der Waals surface area contributed by atoms with E-state index in [0.717, 1.165) is 29.5 Å². The average molecular weight is 389 g/mol. The maximum absolute atomic E-state index is 13.0. The van der Waals surface area contributed by atoms with E-state index in [4.69, 9.17) is 9.47 Å². The Bertz CT molecular complexity index is 953. The number of hydrogen-bond donors (Lipinski definition) is 1. The van der Waals surface area contributed by atoms with Crippen LogP contribution in [0.5, 0.6) is 11.5 Å². The Labute approximate surface area is 172 Å². The van der Waals surface area contributed by atoms with Gasteiger partial charge in [-0.3, -0.25) is 4.79 Å². The third-order valence-electron chi connectivity index (χ3n) is 5.04. The lowest BCUT2D eigenvalue weighted by Gasteiger charge is -2.18. The van der Waals surface area contributed by atoms with Gasteiger partial charge in [0.25, 0.3) is 5.91 Å². The van der Waals surface area contributed by atoms with Crippen molar-refractivity contribution in [1.82, 2.24) is 5.32 Å². The zero-order chi connectivity index (χ0) is 20.6. The Morgan fingerprint density at radius 1 is 0.862 bits per heavy atom. The molecule has 3 rings (SSSR count). The number of rotatable bonds is 8. The first-order chi connectivity index (χ1) is 14.1. The molecule has 0 spiro atoms. The van der Waals surface area contributed by atoms with Crippen LogP contribution in [0.4, 0.5) is 0 Å². The van der Waals surface area contributed by atoms with E-state index in [1.54, 1.807) is 14.2 Å². The zero-order valence-corrected chi connectivity index (χ0v) is 17.1.